The minimum atomic E-state index is -1.17. The average Bonchev–Trinajstić information content (AvgIpc) is 3.15. The summed E-state index contributed by atoms with van der Waals surface area (Å²) >= 11 is 1.31. The predicted octanol–water partition coefficient (Wildman–Crippen LogP) is 2.66. The monoisotopic (exact) mass is 376 g/mol. The van der Waals surface area contributed by atoms with Gasteiger partial charge in [0.15, 0.2) is 6.10 Å². The molecule has 2 aromatic rings. The molecular weight excluding hydrogens is 359 g/mol. The number of primary amides is 1. The number of benzene rings is 1. The molecule has 6 nitrogen and oxygen atoms in total. The maximum absolute atomic E-state index is 13.6. The van der Waals surface area contributed by atoms with E-state index in [0.717, 1.165) is 35.8 Å². The van der Waals surface area contributed by atoms with Crippen LogP contribution in [-0.4, -0.2) is 23.9 Å². The first-order valence-electron chi connectivity index (χ1n) is 8.09. The van der Waals surface area contributed by atoms with Crippen molar-refractivity contribution in [2.24, 2.45) is 5.73 Å². The third kappa shape index (κ3) is 3.45. The molecule has 0 saturated heterocycles. The van der Waals surface area contributed by atoms with Crippen molar-refractivity contribution < 1.29 is 23.5 Å². The Bertz CT molecular complexity index is 893. The summed E-state index contributed by atoms with van der Waals surface area (Å²) in [6.07, 6.45) is 1.37. The normalized spacial score (nSPS) is 13.8. The molecule has 1 aromatic carbocycles. The number of halogens is 1. The minimum Gasteiger partial charge on any atom is -0.449 e. The van der Waals surface area contributed by atoms with Gasteiger partial charge in [-0.1, -0.05) is 12.1 Å². The zero-order valence-corrected chi connectivity index (χ0v) is 14.8. The van der Waals surface area contributed by atoms with Gasteiger partial charge < -0.3 is 15.8 Å². The Balaban J connectivity index is 1.72. The van der Waals surface area contributed by atoms with Crippen LogP contribution in [0.2, 0.25) is 0 Å². The van der Waals surface area contributed by atoms with Crippen LogP contribution in [0.5, 0.6) is 0 Å². The number of aryl methyl sites for hydroxylation is 1. The molecule has 0 radical (unpaired) electrons. The van der Waals surface area contributed by atoms with E-state index in [1.165, 1.54) is 36.5 Å². The fourth-order valence-corrected chi connectivity index (χ4v) is 4.17. The number of hydrogen-bond acceptors (Lipinski definition) is 5. The van der Waals surface area contributed by atoms with Gasteiger partial charge in [-0.15, -0.1) is 11.3 Å². The molecule has 26 heavy (non-hydrogen) atoms. The third-order valence-corrected chi connectivity index (χ3v) is 5.36. The summed E-state index contributed by atoms with van der Waals surface area (Å²) in [7, 11) is 0. The second kappa shape index (κ2) is 7.25. The van der Waals surface area contributed by atoms with Crippen molar-refractivity contribution >= 4 is 34.1 Å². The van der Waals surface area contributed by atoms with Gasteiger partial charge in [-0.25, -0.2) is 9.18 Å². The number of carbonyl (C=O) groups is 3. The van der Waals surface area contributed by atoms with Crippen LogP contribution >= 0.6 is 11.3 Å². The second-order valence-corrected chi connectivity index (χ2v) is 7.05. The quantitative estimate of drug-likeness (QED) is 0.784. The van der Waals surface area contributed by atoms with Crippen LogP contribution in [0.1, 0.15) is 44.5 Å². The molecule has 0 saturated carbocycles. The maximum atomic E-state index is 13.6. The summed E-state index contributed by atoms with van der Waals surface area (Å²) in [5, 5.41) is 2.96. The van der Waals surface area contributed by atoms with Gasteiger partial charge in [0.05, 0.1) is 11.1 Å². The van der Waals surface area contributed by atoms with E-state index >= 15 is 0 Å². The first kappa shape index (κ1) is 18.1. The molecule has 0 bridgehead atoms. The molecule has 0 fully saturated rings. The molecule has 2 amide bonds. The van der Waals surface area contributed by atoms with Crippen molar-refractivity contribution in [2.75, 3.05) is 5.32 Å². The van der Waals surface area contributed by atoms with Crippen molar-refractivity contribution in [2.45, 2.75) is 32.3 Å². The lowest BCUT2D eigenvalue weighted by molar-refractivity contribution is -0.123. The standard InChI is InChI=1S/C18H17FN2O4S/c1-9(25-18(24)10-5-2-3-7-12(10)19)16(23)21-17-14(15(20)22)11-6-4-8-13(11)26-17/h2-3,5,7,9H,4,6,8H2,1H3,(H2,20,22)(H,21,23)/t9-/m1/s1. The Kier molecular flexibility index (Phi) is 5.03. The fourth-order valence-electron chi connectivity index (χ4n) is 2.87. The molecule has 8 heteroatoms. The Hall–Kier alpha value is -2.74. The van der Waals surface area contributed by atoms with E-state index in [-0.39, 0.29) is 5.56 Å². The molecule has 0 unspecified atom stereocenters. The van der Waals surface area contributed by atoms with Gasteiger partial charge in [0, 0.05) is 4.88 Å². The molecule has 1 aliphatic carbocycles. The SMILES string of the molecule is C[C@@H](OC(=O)c1ccccc1F)C(=O)Nc1sc2c(c1C(N)=O)CCC2. The fraction of sp³-hybridized carbons (Fsp3) is 0.278. The van der Waals surface area contributed by atoms with E-state index in [2.05, 4.69) is 5.32 Å². The van der Waals surface area contributed by atoms with Crippen LogP contribution < -0.4 is 11.1 Å². The lowest BCUT2D eigenvalue weighted by Crippen LogP contribution is -2.30. The molecule has 0 aliphatic heterocycles. The molecule has 3 rings (SSSR count). The van der Waals surface area contributed by atoms with E-state index in [9.17, 15) is 18.8 Å². The molecule has 136 valence electrons. The Morgan fingerprint density at radius 3 is 2.69 bits per heavy atom. The highest BCUT2D eigenvalue weighted by Gasteiger charge is 2.28. The van der Waals surface area contributed by atoms with Crippen LogP contribution in [0.4, 0.5) is 9.39 Å². The number of anilines is 1. The van der Waals surface area contributed by atoms with E-state index in [0.29, 0.717) is 10.6 Å². The van der Waals surface area contributed by atoms with Crippen LogP contribution in [0.25, 0.3) is 0 Å². The van der Waals surface area contributed by atoms with Crippen LogP contribution in [-0.2, 0) is 22.4 Å². The van der Waals surface area contributed by atoms with E-state index in [1.54, 1.807) is 0 Å². The maximum Gasteiger partial charge on any atom is 0.341 e. The highest BCUT2D eigenvalue weighted by molar-refractivity contribution is 7.17. The van der Waals surface area contributed by atoms with Crippen molar-refractivity contribution in [3.63, 3.8) is 0 Å². The van der Waals surface area contributed by atoms with E-state index < -0.39 is 29.7 Å². The van der Waals surface area contributed by atoms with Gasteiger partial charge >= 0.3 is 5.97 Å². The van der Waals surface area contributed by atoms with E-state index in [1.807, 2.05) is 0 Å². The summed E-state index contributed by atoms with van der Waals surface area (Å²) in [6, 6.07) is 5.35. The highest BCUT2D eigenvalue weighted by atomic mass is 32.1. The molecule has 1 aliphatic rings. The zero-order valence-electron chi connectivity index (χ0n) is 14.0. The lowest BCUT2D eigenvalue weighted by atomic mass is 10.1. The van der Waals surface area contributed by atoms with Gasteiger partial charge in [-0.05, 0) is 43.9 Å². The highest BCUT2D eigenvalue weighted by Crippen LogP contribution is 2.38. The number of nitrogens with one attached hydrogen (secondary N) is 1. The lowest BCUT2D eigenvalue weighted by Gasteiger charge is -2.14. The zero-order chi connectivity index (χ0) is 18.8. The van der Waals surface area contributed by atoms with Crippen molar-refractivity contribution in [3.05, 3.63) is 51.7 Å². The summed E-state index contributed by atoms with van der Waals surface area (Å²) < 4.78 is 18.6. The summed E-state index contributed by atoms with van der Waals surface area (Å²) in [4.78, 5) is 37.1. The first-order chi connectivity index (χ1) is 12.4. The summed E-state index contributed by atoms with van der Waals surface area (Å²) in [5.74, 6) is -2.88. The van der Waals surface area contributed by atoms with Gasteiger partial charge in [-0.2, -0.15) is 0 Å². The molecule has 3 N–H and O–H groups in total. The van der Waals surface area contributed by atoms with Crippen LogP contribution in [0.3, 0.4) is 0 Å². The molecule has 1 aromatic heterocycles. The Morgan fingerprint density at radius 1 is 1.27 bits per heavy atom. The van der Waals surface area contributed by atoms with Crippen molar-refractivity contribution in [1.29, 1.82) is 0 Å². The number of esters is 1. The molecular formula is C18H17FN2O4S. The van der Waals surface area contributed by atoms with E-state index in [4.69, 9.17) is 10.5 Å². The molecule has 1 heterocycles. The van der Waals surface area contributed by atoms with Crippen LogP contribution in [0, 0.1) is 5.82 Å². The van der Waals surface area contributed by atoms with Gasteiger partial charge in [0.1, 0.15) is 10.8 Å². The molecule has 1 atom stereocenters. The number of rotatable bonds is 5. The van der Waals surface area contributed by atoms with Crippen LogP contribution in [0.15, 0.2) is 24.3 Å². The predicted molar refractivity (Wildman–Crippen MR) is 94.8 cm³/mol. The average molecular weight is 376 g/mol. The second-order valence-electron chi connectivity index (χ2n) is 5.94. The topological polar surface area (TPSA) is 98.5 Å². The number of fused-ring (bicyclic) bond motifs is 1. The third-order valence-electron chi connectivity index (χ3n) is 4.15. The van der Waals surface area contributed by atoms with Crippen molar-refractivity contribution in [1.82, 2.24) is 0 Å². The number of carbonyl (C=O) groups excluding carboxylic acids is 3. The number of hydrogen-bond donors (Lipinski definition) is 2. The van der Waals surface area contributed by atoms with Crippen molar-refractivity contribution in [3.8, 4) is 0 Å². The van der Waals surface area contributed by atoms with Gasteiger partial charge in [0.25, 0.3) is 11.8 Å². The summed E-state index contributed by atoms with van der Waals surface area (Å²) in [6.45, 7) is 1.37. The van der Waals surface area contributed by atoms with Gasteiger partial charge in [-0.3, -0.25) is 9.59 Å². The number of nitrogens with two attached hydrogens (primary N) is 1. The molecule has 0 spiro atoms. The Labute approximate surface area is 153 Å². The summed E-state index contributed by atoms with van der Waals surface area (Å²) in [5.41, 5.74) is 6.40. The largest absolute Gasteiger partial charge is 0.449 e. The van der Waals surface area contributed by atoms with Gasteiger partial charge in [0.2, 0.25) is 0 Å². The number of ether oxygens (including phenoxy) is 1. The Morgan fingerprint density at radius 2 is 2.00 bits per heavy atom. The minimum absolute atomic E-state index is 0.250. The first-order valence-corrected chi connectivity index (χ1v) is 8.91. The number of amides is 2. The number of thiophene rings is 1. The smallest absolute Gasteiger partial charge is 0.341 e.